The number of hydrogen-bond donors (Lipinski definition) is 0. The summed E-state index contributed by atoms with van der Waals surface area (Å²) in [6, 6.07) is 0. The molecule has 0 aliphatic carbocycles. The number of hydrogen-bond acceptors (Lipinski definition) is 4. The lowest BCUT2D eigenvalue weighted by atomic mass is 10.9. The molecule has 0 aliphatic heterocycles. The van der Waals surface area contributed by atoms with Crippen LogP contribution in [0.3, 0.4) is 0 Å². The van der Waals surface area contributed by atoms with Gasteiger partial charge in [-0.3, -0.25) is 4.57 Å². The third-order valence-corrected chi connectivity index (χ3v) is 2.71. The molecule has 0 saturated heterocycles. The molecule has 0 aromatic rings. The van der Waals surface area contributed by atoms with Crippen LogP contribution in [0.5, 0.6) is 0 Å². The van der Waals surface area contributed by atoms with E-state index in [0.717, 1.165) is 0 Å². The molecule has 0 N–H and O–H groups in total. The third-order valence-electron chi connectivity index (χ3n) is 0.902. The Kier molecular flexibility index (Phi) is 4.52. The Morgan fingerprint density at radius 1 is 1.60 bits per heavy atom. The Labute approximate surface area is 60.1 Å². The van der Waals surface area contributed by atoms with Crippen LogP contribution < -0.4 is 0 Å². The second kappa shape index (κ2) is 4.61. The Morgan fingerprint density at radius 3 is 2.50 bits per heavy atom. The summed E-state index contributed by atoms with van der Waals surface area (Å²) in [5.74, 6) is 0. The topological polar surface area (TPSA) is 52.6 Å². The molecular weight excluding hydrogens is 155 g/mol. The van der Waals surface area contributed by atoms with Crippen molar-refractivity contribution >= 4 is 13.9 Å². The summed E-state index contributed by atoms with van der Waals surface area (Å²) in [4.78, 5) is 9.92. The first kappa shape index (κ1) is 9.82. The molecule has 0 aromatic heterocycles. The van der Waals surface area contributed by atoms with Gasteiger partial charge in [0.25, 0.3) is 0 Å². The molecule has 10 heavy (non-hydrogen) atoms. The quantitative estimate of drug-likeness (QED) is 0.452. The highest BCUT2D eigenvalue weighted by atomic mass is 31.2. The van der Waals surface area contributed by atoms with Crippen molar-refractivity contribution in [3.63, 3.8) is 0 Å². The molecule has 0 spiro atoms. The van der Waals surface area contributed by atoms with Crippen molar-refractivity contribution in [3.05, 3.63) is 0 Å². The SMILES string of the molecule is CCOP(=O)(CC=O)OC. The maximum Gasteiger partial charge on any atom is 0.337 e. The lowest BCUT2D eigenvalue weighted by molar-refractivity contribution is -0.106. The zero-order valence-corrected chi connectivity index (χ0v) is 6.97. The van der Waals surface area contributed by atoms with E-state index < -0.39 is 7.60 Å². The maximum absolute atomic E-state index is 11.1. The van der Waals surface area contributed by atoms with E-state index in [1.54, 1.807) is 6.92 Å². The van der Waals surface area contributed by atoms with Crippen LogP contribution >= 0.6 is 7.60 Å². The Bertz CT molecular complexity index is 145. The van der Waals surface area contributed by atoms with Crippen molar-refractivity contribution in [2.24, 2.45) is 0 Å². The zero-order valence-electron chi connectivity index (χ0n) is 6.07. The highest BCUT2D eigenvalue weighted by Crippen LogP contribution is 2.45. The van der Waals surface area contributed by atoms with Crippen molar-refractivity contribution in [3.8, 4) is 0 Å². The normalized spacial score (nSPS) is 16.2. The molecule has 0 saturated carbocycles. The van der Waals surface area contributed by atoms with E-state index in [2.05, 4.69) is 4.52 Å². The lowest BCUT2D eigenvalue weighted by Gasteiger charge is -2.10. The highest BCUT2D eigenvalue weighted by Gasteiger charge is 2.20. The van der Waals surface area contributed by atoms with Gasteiger partial charge in [0, 0.05) is 7.11 Å². The highest BCUT2D eigenvalue weighted by molar-refractivity contribution is 7.54. The monoisotopic (exact) mass is 166 g/mol. The molecule has 0 amide bonds. The summed E-state index contributed by atoms with van der Waals surface area (Å²) in [5.41, 5.74) is 0. The van der Waals surface area contributed by atoms with E-state index in [-0.39, 0.29) is 6.16 Å². The van der Waals surface area contributed by atoms with Gasteiger partial charge in [0.05, 0.1) is 6.61 Å². The molecule has 0 heterocycles. The number of carbonyl (C=O) groups is 1. The molecule has 60 valence electrons. The molecule has 0 aliphatic rings. The molecule has 0 radical (unpaired) electrons. The molecule has 0 aromatic carbocycles. The van der Waals surface area contributed by atoms with Gasteiger partial charge in [-0.2, -0.15) is 0 Å². The molecule has 0 fully saturated rings. The van der Waals surface area contributed by atoms with Gasteiger partial charge in [0.15, 0.2) is 0 Å². The third kappa shape index (κ3) is 3.11. The average molecular weight is 166 g/mol. The smallest absolute Gasteiger partial charge is 0.312 e. The molecular formula is C5H11O4P. The zero-order chi connectivity index (χ0) is 8.04. The standard InChI is InChI=1S/C5H11O4P/c1-3-9-10(7,8-2)5-4-6/h4H,3,5H2,1-2H3. The number of rotatable bonds is 5. The van der Waals surface area contributed by atoms with Gasteiger partial charge in [-0.25, -0.2) is 0 Å². The minimum Gasteiger partial charge on any atom is -0.312 e. The van der Waals surface area contributed by atoms with Gasteiger partial charge < -0.3 is 13.8 Å². The Hall–Kier alpha value is -0.180. The van der Waals surface area contributed by atoms with Gasteiger partial charge in [-0.05, 0) is 6.92 Å². The van der Waals surface area contributed by atoms with E-state index in [4.69, 9.17) is 4.52 Å². The van der Waals surface area contributed by atoms with Crippen LogP contribution in [0.2, 0.25) is 0 Å². The summed E-state index contributed by atoms with van der Waals surface area (Å²) in [6.45, 7) is 1.98. The number of carbonyl (C=O) groups excluding carboxylic acids is 1. The van der Waals surface area contributed by atoms with Crippen LogP contribution in [0.4, 0.5) is 0 Å². The van der Waals surface area contributed by atoms with Crippen molar-refractivity contribution in [2.45, 2.75) is 6.92 Å². The summed E-state index contributed by atoms with van der Waals surface area (Å²) >= 11 is 0. The average Bonchev–Trinajstić information content (AvgIpc) is 1.89. The van der Waals surface area contributed by atoms with Crippen LogP contribution in [0.1, 0.15) is 6.92 Å². The van der Waals surface area contributed by atoms with Crippen LogP contribution in [0.15, 0.2) is 0 Å². The van der Waals surface area contributed by atoms with E-state index in [9.17, 15) is 9.36 Å². The van der Waals surface area contributed by atoms with Crippen LogP contribution in [0.25, 0.3) is 0 Å². The number of aldehydes is 1. The minimum absolute atomic E-state index is 0.169. The van der Waals surface area contributed by atoms with Crippen LogP contribution in [-0.2, 0) is 18.4 Å². The molecule has 5 heteroatoms. The summed E-state index contributed by atoms with van der Waals surface area (Å²) in [6.07, 6.45) is 0.358. The van der Waals surface area contributed by atoms with Crippen molar-refractivity contribution in [1.29, 1.82) is 0 Å². The lowest BCUT2D eigenvalue weighted by Crippen LogP contribution is -1.97. The fraction of sp³-hybridized carbons (Fsp3) is 0.800. The minimum atomic E-state index is -3.07. The first-order valence-corrected chi connectivity index (χ1v) is 4.64. The fourth-order valence-electron chi connectivity index (χ4n) is 0.468. The van der Waals surface area contributed by atoms with Gasteiger partial charge in [-0.1, -0.05) is 0 Å². The first-order chi connectivity index (χ1) is 4.68. The molecule has 1 unspecified atom stereocenters. The molecule has 0 rings (SSSR count). The van der Waals surface area contributed by atoms with Gasteiger partial charge in [-0.15, -0.1) is 0 Å². The first-order valence-electron chi connectivity index (χ1n) is 2.91. The molecule has 0 bridgehead atoms. The maximum atomic E-state index is 11.1. The van der Waals surface area contributed by atoms with Crippen LogP contribution in [-0.4, -0.2) is 26.2 Å². The van der Waals surface area contributed by atoms with Crippen LogP contribution in [0, 0.1) is 0 Å². The van der Waals surface area contributed by atoms with Crippen molar-refractivity contribution in [1.82, 2.24) is 0 Å². The summed E-state index contributed by atoms with van der Waals surface area (Å²) in [5, 5.41) is 0. The van der Waals surface area contributed by atoms with Crippen molar-refractivity contribution in [2.75, 3.05) is 19.9 Å². The predicted octanol–water partition coefficient (Wildman–Crippen LogP) is 1.06. The second-order valence-electron chi connectivity index (χ2n) is 1.56. The van der Waals surface area contributed by atoms with E-state index >= 15 is 0 Å². The summed E-state index contributed by atoms with van der Waals surface area (Å²) < 4.78 is 20.3. The van der Waals surface area contributed by atoms with E-state index in [0.29, 0.717) is 12.9 Å². The van der Waals surface area contributed by atoms with Gasteiger partial charge in [0.2, 0.25) is 0 Å². The second-order valence-corrected chi connectivity index (χ2v) is 3.77. The molecule has 4 nitrogen and oxygen atoms in total. The Morgan fingerprint density at radius 2 is 2.20 bits per heavy atom. The van der Waals surface area contributed by atoms with Gasteiger partial charge >= 0.3 is 7.60 Å². The summed E-state index contributed by atoms with van der Waals surface area (Å²) in [7, 11) is -1.80. The largest absolute Gasteiger partial charge is 0.337 e. The van der Waals surface area contributed by atoms with E-state index in [1.165, 1.54) is 7.11 Å². The van der Waals surface area contributed by atoms with Crippen molar-refractivity contribution < 1.29 is 18.4 Å². The van der Waals surface area contributed by atoms with E-state index in [1.807, 2.05) is 0 Å². The Balaban J connectivity index is 3.94. The predicted molar refractivity (Wildman–Crippen MR) is 37.2 cm³/mol. The molecule has 1 atom stereocenters. The van der Waals surface area contributed by atoms with Gasteiger partial charge in [0.1, 0.15) is 12.4 Å². The fourth-order valence-corrected chi connectivity index (χ4v) is 1.40.